The summed E-state index contributed by atoms with van der Waals surface area (Å²) in [5, 5.41) is 0. The molecule has 0 unspecified atom stereocenters. The Morgan fingerprint density at radius 2 is 1.85 bits per heavy atom. The van der Waals surface area contributed by atoms with Crippen molar-refractivity contribution in [2.45, 2.75) is 46.3 Å². The predicted molar refractivity (Wildman–Crippen MR) is 94.6 cm³/mol. The predicted octanol–water partition coefficient (Wildman–Crippen LogP) is 2.92. The summed E-state index contributed by atoms with van der Waals surface area (Å²) in [4.78, 5) is 37.9. The average molecular weight is 363 g/mol. The molecule has 0 aliphatic carbocycles. The van der Waals surface area contributed by atoms with E-state index in [-0.39, 0.29) is 13.2 Å². The summed E-state index contributed by atoms with van der Waals surface area (Å²) >= 11 is 0. The highest BCUT2D eigenvalue weighted by Gasteiger charge is 2.46. The lowest BCUT2D eigenvalue weighted by molar-refractivity contribution is -0.161. The van der Waals surface area contributed by atoms with E-state index in [0.29, 0.717) is 5.69 Å². The molecule has 7 heteroatoms. The van der Waals surface area contributed by atoms with Crippen LogP contribution in [0.5, 0.6) is 0 Å². The van der Waals surface area contributed by atoms with Crippen LogP contribution in [-0.2, 0) is 23.8 Å². The third-order valence-corrected chi connectivity index (χ3v) is 3.73. The number of hydrogen-bond donors (Lipinski definition) is 0. The van der Waals surface area contributed by atoms with E-state index in [0.717, 1.165) is 0 Å². The van der Waals surface area contributed by atoms with Crippen LogP contribution in [0.1, 0.15) is 34.6 Å². The fraction of sp³-hybridized carbons (Fsp3) is 0.526. The minimum atomic E-state index is -0.994. The molecular weight excluding hydrogens is 338 g/mol. The second-order valence-corrected chi connectivity index (χ2v) is 7.87. The molecule has 0 saturated carbocycles. The Labute approximate surface area is 153 Å². The Balaban J connectivity index is 2.15. The Bertz CT molecular complexity index is 677. The minimum Gasteiger partial charge on any atom is -0.462 e. The Kier molecular flexibility index (Phi) is 5.59. The van der Waals surface area contributed by atoms with Gasteiger partial charge in [-0.2, -0.15) is 0 Å². The van der Waals surface area contributed by atoms with Crippen molar-refractivity contribution in [2.24, 2.45) is 5.41 Å². The lowest BCUT2D eigenvalue weighted by Crippen LogP contribution is -2.43. The van der Waals surface area contributed by atoms with Gasteiger partial charge in [-0.15, -0.1) is 0 Å². The molecule has 1 atom stereocenters. The van der Waals surface area contributed by atoms with Gasteiger partial charge in [-0.1, -0.05) is 32.0 Å². The topological polar surface area (TPSA) is 82.1 Å². The maximum Gasteiger partial charge on any atom is 0.415 e. The lowest BCUT2D eigenvalue weighted by Gasteiger charge is -2.28. The number of ether oxygens (including phenoxy) is 3. The quantitative estimate of drug-likeness (QED) is 0.604. The van der Waals surface area contributed by atoms with Crippen molar-refractivity contribution in [1.29, 1.82) is 0 Å². The highest BCUT2D eigenvalue weighted by atomic mass is 16.6. The summed E-state index contributed by atoms with van der Waals surface area (Å²) in [5.41, 5.74) is -0.839. The van der Waals surface area contributed by atoms with E-state index < -0.39 is 35.2 Å². The summed E-state index contributed by atoms with van der Waals surface area (Å²) in [6.07, 6.45) is -1.67. The first-order valence-corrected chi connectivity index (χ1v) is 8.41. The van der Waals surface area contributed by atoms with Crippen LogP contribution < -0.4 is 4.90 Å². The van der Waals surface area contributed by atoms with Gasteiger partial charge in [-0.3, -0.25) is 9.69 Å². The molecule has 0 N–H and O–H groups in total. The fourth-order valence-electron chi connectivity index (χ4n) is 2.42. The molecule has 26 heavy (non-hydrogen) atoms. The Hall–Kier alpha value is -2.57. The molecule has 2 rings (SSSR count). The normalized spacial score (nSPS) is 18.8. The smallest absolute Gasteiger partial charge is 0.415 e. The highest BCUT2D eigenvalue weighted by molar-refractivity contribution is 5.94. The van der Waals surface area contributed by atoms with Crippen molar-refractivity contribution in [3.05, 3.63) is 30.3 Å². The van der Waals surface area contributed by atoms with Crippen LogP contribution >= 0.6 is 0 Å². The molecule has 1 aromatic carbocycles. The van der Waals surface area contributed by atoms with Crippen molar-refractivity contribution >= 4 is 23.7 Å². The molecule has 0 radical (unpaired) electrons. The van der Waals surface area contributed by atoms with Crippen LogP contribution in [-0.4, -0.2) is 42.9 Å². The first-order valence-electron chi connectivity index (χ1n) is 8.41. The van der Waals surface area contributed by atoms with Crippen LogP contribution in [0.3, 0.4) is 0 Å². The molecular formula is C19H25NO6. The SMILES string of the molecule is CC(C)(C)OC(=O)N(CC(=O)O[C@@H]1C(=O)OCC1(C)C)c1ccccc1. The third kappa shape index (κ3) is 4.97. The molecule has 1 aromatic rings. The van der Waals surface area contributed by atoms with E-state index in [1.54, 1.807) is 65.0 Å². The monoisotopic (exact) mass is 363 g/mol. The molecule has 0 bridgehead atoms. The molecule has 0 aromatic heterocycles. The van der Waals surface area contributed by atoms with Gasteiger partial charge in [-0.05, 0) is 32.9 Å². The van der Waals surface area contributed by atoms with Gasteiger partial charge < -0.3 is 14.2 Å². The molecule has 1 aliphatic heterocycles. The zero-order valence-corrected chi connectivity index (χ0v) is 15.8. The zero-order valence-electron chi connectivity index (χ0n) is 15.8. The first kappa shape index (κ1) is 19.8. The second-order valence-electron chi connectivity index (χ2n) is 7.87. The van der Waals surface area contributed by atoms with E-state index in [9.17, 15) is 14.4 Å². The summed E-state index contributed by atoms with van der Waals surface area (Å²) in [6.45, 7) is 8.57. The van der Waals surface area contributed by atoms with Gasteiger partial charge in [0, 0.05) is 11.1 Å². The number of benzene rings is 1. The summed E-state index contributed by atoms with van der Waals surface area (Å²) in [6, 6.07) is 8.66. The number of rotatable bonds is 4. The largest absolute Gasteiger partial charge is 0.462 e. The van der Waals surface area contributed by atoms with Gasteiger partial charge in [0.25, 0.3) is 0 Å². The van der Waals surface area contributed by atoms with Gasteiger partial charge in [0.1, 0.15) is 18.8 Å². The molecule has 1 fully saturated rings. The Morgan fingerprint density at radius 1 is 1.23 bits per heavy atom. The number of carbonyl (C=O) groups is 3. The summed E-state index contributed by atoms with van der Waals surface area (Å²) < 4.78 is 15.6. The van der Waals surface area contributed by atoms with Crippen molar-refractivity contribution < 1.29 is 28.6 Å². The summed E-state index contributed by atoms with van der Waals surface area (Å²) in [5.74, 6) is -1.29. The van der Waals surface area contributed by atoms with E-state index in [1.807, 2.05) is 0 Å². The van der Waals surface area contributed by atoms with Gasteiger partial charge in [-0.25, -0.2) is 9.59 Å². The van der Waals surface area contributed by atoms with Crippen LogP contribution in [0.15, 0.2) is 30.3 Å². The van der Waals surface area contributed by atoms with Gasteiger partial charge in [0.15, 0.2) is 0 Å². The third-order valence-electron chi connectivity index (χ3n) is 3.73. The van der Waals surface area contributed by atoms with Gasteiger partial charge >= 0.3 is 18.0 Å². The minimum absolute atomic E-state index is 0.179. The van der Waals surface area contributed by atoms with Gasteiger partial charge in [0.05, 0.1) is 0 Å². The lowest BCUT2D eigenvalue weighted by atomic mass is 9.90. The molecule has 0 spiro atoms. The number of esters is 2. The van der Waals surface area contributed by atoms with Crippen molar-refractivity contribution in [1.82, 2.24) is 0 Å². The van der Waals surface area contributed by atoms with E-state index >= 15 is 0 Å². The van der Waals surface area contributed by atoms with E-state index in [4.69, 9.17) is 14.2 Å². The van der Waals surface area contributed by atoms with Crippen molar-refractivity contribution in [3.63, 3.8) is 0 Å². The molecule has 7 nitrogen and oxygen atoms in total. The van der Waals surface area contributed by atoms with Crippen LogP contribution in [0.25, 0.3) is 0 Å². The number of amides is 1. The van der Waals surface area contributed by atoms with Crippen LogP contribution in [0, 0.1) is 5.41 Å². The highest BCUT2D eigenvalue weighted by Crippen LogP contribution is 2.31. The first-order chi connectivity index (χ1) is 12.0. The standard InChI is InChI=1S/C19H25NO6/c1-18(2,3)26-17(23)20(13-9-7-6-8-10-13)11-14(21)25-15-16(22)24-12-19(15,4)5/h6-10,15H,11-12H2,1-5H3/t15-/m1/s1. The van der Waals surface area contributed by atoms with E-state index in [2.05, 4.69) is 0 Å². The molecule has 142 valence electrons. The maximum absolute atomic E-state index is 12.5. The number of carbonyl (C=O) groups excluding carboxylic acids is 3. The number of cyclic esters (lactones) is 1. The summed E-state index contributed by atoms with van der Waals surface area (Å²) in [7, 11) is 0. The Morgan fingerprint density at radius 3 is 2.35 bits per heavy atom. The van der Waals surface area contributed by atoms with E-state index in [1.165, 1.54) is 4.90 Å². The fourth-order valence-corrected chi connectivity index (χ4v) is 2.42. The van der Waals surface area contributed by atoms with Crippen LogP contribution in [0.2, 0.25) is 0 Å². The van der Waals surface area contributed by atoms with Gasteiger partial charge in [0.2, 0.25) is 6.10 Å². The maximum atomic E-state index is 12.5. The molecule has 1 aliphatic rings. The zero-order chi connectivity index (χ0) is 19.5. The van der Waals surface area contributed by atoms with Crippen LogP contribution in [0.4, 0.5) is 10.5 Å². The number of nitrogens with zero attached hydrogens (tertiary/aromatic N) is 1. The second kappa shape index (κ2) is 7.35. The number of anilines is 1. The van der Waals surface area contributed by atoms with Crippen molar-refractivity contribution in [3.8, 4) is 0 Å². The number of para-hydroxylation sites is 1. The average Bonchev–Trinajstić information content (AvgIpc) is 2.78. The molecule has 1 amide bonds. The molecule has 1 saturated heterocycles. The van der Waals surface area contributed by atoms with Crippen molar-refractivity contribution in [2.75, 3.05) is 18.1 Å². The molecule has 1 heterocycles. The number of hydrogen-bond acceptors (Lipinski definition) is 6.